The molecule has 3 N–H and O–H groups in total. The van der Waals surface area contributed by atoms with Gasteiger partial charge in [-0.2, -0.15) is 0 Å². The monoisotopic (exact) mass is 255 g/mol. The van der Waals surface area contributed by atoms with Gasteiger partial charge in [-0.05, 0) is 50.5 Å². The minimum atomic E-state index is -0.0197. The average Bonchev–Trinajstić information content (AvgIpc) is 2.34. The van der Waals surface area contributed by atoms with E-state index in [-0.39, 0.29) is 6.04 Å². The van der Waals surface area contributed by atoms with Crippen molar-refractivity contribution in [1.29, 1.82) is 0 Å². The smallest absolute Gasteiger partial charge is 0.0730 e. The summed E-state index contributed by atoms with van der Waals surface area (Å²) in [5.41, 5.74) is 9.78. The molecule has 0 spiro atoms. The molecule has 1 unspecified atom stereocenters. The number of rotatable bonds is 3. The lowest BCUT2D eigenvalue weighted by molar-refractivity contribution is 0.626. The molecule has 100 valence electrons. The molecule has 1 aromatic carbocycles. The topological polar surface area (TPSA) is 50.9 Å². The summed E-state index contributed by atoms with van der Waals surface area (Å²) in [5.74, 6) is 5.77. The summed E-state index contributed by atoms with van der Waals surface area (Å²) in [7, 11) is 0. The normalized spacial score (nSPS) is 12.5. The fourth-order valence-corrected chi connectivity index (χ4v) is 2.50. The third-order valence-electron chi connectivity index (χ3n) is 3.48. The van der Waals surface area contributed by atoms with Gasteiger partial charge in [-0.3, -0.25) is 10.8 Å². The van der Waals surface area contributed by atoms with Gasteiger partial charge in [0.1, 0.15) is 0 Å². The zero-order valence-electron chi connectivity index (χ0n) is 12.0. The van der Waals surface area contributed by atoms with Gasteiger partial charge in [-0.25, -0.2) is 5.43 Å². The first-order chi connectivity index (χ1) is 9.02. The number of aromatic nitrogens is 1. The Bertz CT molecular complexity index is 539. The molecule has 0 aliphatic heterocycles. The van der Waals surface area contributed by atoms with Crippen LogP contribution in [0.2, 0.25) is 0 Å². The van der Waals surface area contributed by atoms with Crippen LogP contribution in [0.3, 0.4) is 0 Å². The molecule has 2 rings (SSSR count). The molecular weight excluding hydrogens is 234 g/mol. The summed E-state index contributed by atoms with van der Waals surface area (Å²) >= 11 is 0. The molecule has 2 aromatic rings. The number of nitrogens with two attached hydrogens (primary N) is 1. The van der Waals surface area contributed by atoms with E-state index < -0.39 is 0 Å². The van der Waals surface area contributed by atoms with Crippen LogP contribution in [0.4, 0.5) is 0 Å². The third kappa shape index (κ3) is 2.83. The quantitative estimate of drug-likeness (QED) is 0.655. The predicted octanol–water partition coefficient (Wildman–Crippen LogP) is 2.87. The standard InChI is InChI=1S/C16H21N3/c1-10-5-7-14(11(2)9-10)16(19-17)15-8-6-12(3)18-13(15)4/h5-9,16,19H,17H2,1-4H3. The van der Waals surface area contributed by atoms with Crippen LogP contribution in [-0.2, 0) is 0 Å². The summed E-state index contributed by atoms with van der Waals surface area (Å²) in [6, 6.07) is 10.5. The van der Waals surface area contributed by atoms with E-state index in [2.05, 4.69) is 48.5 Å². The highest BCUT2D eigenvalue weighted by Crippen LogP contribution is 2.26. The Morgan fingerprint density at radius 3 is 2.26 bits per heavy atom. The van der Waals surface area contributed by atoms with Crippen LogP contribution in [0.5, 0.6) is 0 Å². The Labute approximate surface area is 114 Å². The fraction of sp³-hybridized carbons (Fsp3) is 0.312. The fourth-order valence-electron chi connectivity index (χ4n) is 2.50. The molecule has 1 heterocycles. The third-order valence-corrected chi connectivity index (χ3v) is 3.48. The number of nitrogens with zero attached hydrogens (tertiary/aromatic N) is 1. The number of aryl methyl sites for hydroxylation is 4. The van der Waals surface area contributed by atoms with Gasteiger partial charge in [0.15, 0.2) is 0 Å². The highest BCUT2D eigenvalue weighted by atomic mass is 15.2. The molecular formula is C16H21N3. The Balaban J connectivity index is 2.50. The van der Waals surface area contributed by atoms with E-state index in [0.717, 1.165) is 17.0 Å². The van der Waals surface area contributed by atoms with E-state index in [1.165, 1.54) is 16.7 Å². The second kappa shape index (κ2) is 5.51. The Morgan fingerprint density at radius 2 is 1.68 bits per heavy atom. The van der Waals surface area contributed by atoms with E-state index in [9.17, 15) is 0 Å². The molecule has 1 aromatic heterocycles. The van der Waals surface area contributed by atoms with E-state index in [4.69, 9.17) is 5.84 Å². The van der Waals surface area contributed by atoms with E-state index in [1.807, 2.05) is 19.9 Å². The molecule has 0 saturated heterocycles. The second-order valence-corrected chi connectivity index (χ2v) is 5.09. The van der Waals surface area contributed by atoms with Gasteiger partial charge >= 0.3 is 0 Å². The summed E-state index contributed by atoms with van der Waals surface area (Å²) in [6.07, 6.45) is 0. The Morgan fingerprint density at radius 1 is 1.00 bits per heavy atom. The molecule has 0 aliphatic rings. The Hall–Kier alpha value is -1.71. The van der Waals surface area contributed by atoms with Crippen molar-refractivity contribution in [2.24, 2.45) is 5.84 Å². The predicted molar refractivity (Wildman–Crippen MR) is 78.8 cm³/mol. The van der Waals surface area contributed by atoms with Crippen molar-refractivity contribution in [3.8, 4) is 0 Å². The molecule has 0 fully saturated rings. The molecule has 0 amide bonds. The lowest BCUT2D eigenvalue weighted by Crippen LogP contribution is -2.30. The number of hydrogen-bond acceptors (Lipinski definition) is 3. The van der Waals surface area contributed by atoms with Crippen molar-refractivity contribution < 1.29 is 0 Å². The summed E-state index contributed by atoms with van der Waals surface area (Å²) in [6.45, 7) is 8.24. The summed E-state index contributed by atoms with van der Waals surface area (Å²) < 4.78 is 0. The number of nitrogens with one attached hydrogen (secondary N) is 1. The first-order valence-electron chi connectivity index (χ1n) is 6.50. The molecule has 3 nitrogen and oxygen atoms in total. The lowest BCUT2D eigenvalue weighted by Gasteiger charge is -2.21. The van der Waals surface area contributed by atoms with E-state index in [0.29, 0.717) is 0 Å². The van der Waals surface area contributed by atoms with Crippen molar-refractivity contribution in [3.63, 3.8) is 0 Å². The Kier molecular flexibility index (Phi) is 3.98. The van der Waals surface area contributed by atoms with Crippen LogP contribution in [0.15, 0.2) is 30.3 Å². The molecule has 1 atom stereocenters. The maximum Gasteiger partial charge on any atom is 0.0730 e. The highest BCUT2D eigenvalue weighted by molar-refractivity contribution is 5.40. The molecule has 3 heteroatoms. The highest BCUT2D eigenvalue weighted by Gasteiger charge is 2.17. The van der Waals surface area contributed by atoms with E-state index >= 15 is 0 Å². The van der Waals surface area contributed by atoms with Gasteiger partial charge in [-0.15, -0.1) is 0 Å². The van der Waals surface area contributed by atoms with Crippen molar-refractivity contribution in [2.75, 3.05) is 0 Å². The molecule has 0 bridgehead atoms. The zero-order valence-corrected chi connectivity index (χ0v) is 12.0. The van der Waals surface area contributed by atoms with Gasteiger partial charge in [-0.1, -0.05) is 29.8 Å². The average molecular weight is 255 g/mol. The van der Waals surface area contributed by atoms with Gasteiger partial charge in [0, 0.05) is 11.4 Å². The largest absolute Gasteiger partial charge is 0.271 e. The van der Waals surface area contributed by atoms with Crippen LogP contribution >= 0.6 is 0 Å². The van der Waals surface area contributed by atoms with E-state index in [1.54, 1.807) is 0 Å². The van der Waals surface area contributed by atoms with Crippen molar-refractivity contribution in [3.05, 3.63) is 64.0 Å². The number of pyridine rings is 1. The molecule has 19 heavy (non-hydrogen) atoms. The maximum absolute atomic E-state index is 5.77. The number of hydrogen-bond donors (Lipinski definition) is 2. The van der Waals surface area contributed by atoms with Crippen LogP contribution in [0.1, 0.15) is 39.7 Å². The SMILES string of the molecule is Cc1ccc(C(NN)c2ccc(C)nc2C)c(C)c1. The van der Waals surface area contributed by atoms with Gasteiger partial charge in [0.25, 0.3) is 0 Å². The summed E-state index contributed by atoms with van der Waals surface area (Å²) in [4.78, 5) is 4.52. The van der Waals surface area contributed by atoms with Crippen molar-refractivity contribution in [2.45, 2.75) is 33.7 Å². The lowest BCUT2D eigenvalue weighted by atomic mass is 9.93. The molecule has 0 saturated carbocycles. The van der Waals surface area contributed by atoms with Crippen molar-refractivity contribution in [1.82, 2.24) is 10.4 Å². The van der Waals surface area contributed by atoms with Gasteiger partial charge < -0.3 is 0 Å². The van der Waals surface area contributed by atoms with Crippen LogP contribution in [0, 0.1) is 27.7 Å². The first-order valence-corrected chi connectivity index (χ1v) is 6.50. The minimum Gasteiger partial charge on any atom is -0.271 e. The summed E-state index contributed by atoms with van der Waals surface area (Å²) in [5, 5.41) is 0. The van der Waals surface area contributed by atoms with Crippen LogP contribution in [0.25, 0.3) is 0 Å². The van der Waals surface area contributed by atoms with Crippen LogP contribution in [-0.4, -0.2) is 4.98 Å². The number of hydrazine groups is 1. The second-order valence-electron chi connectivity index (χ2n) is 5.09. The first kappa shape index (κ1) is 13.7. The van der Waals surface area contributed by atoms with Crippen LogP contribution < -0.4 is 11.3 Å². The van der Waals surface area contributed by atoms with Crippen molar-refractivity contribution >= 4 is 0 Å². The minimum absolute atomic E-state index is 0.0197. The van der Waals surface area contributed by atoms with Gasteiger partial charge in [0.05, 0.1) is 6.04 Å². The number of benzene rings is 1. The van der Waals surface area contributed by atoms with Gasteiger partial charge in [0.2, 0.25) is 0 Å². The maximum atomic E-state index is 5.77. The molecule has 0 aliphatic carbocycles. The zero-order chi connectivity index (χ0) is 14.0. The molecule has 0 radical (unpaired) electrons.